The van der Waals surface area contributed by atoms with Crippen LogP contribution in [0.3, 0.4) is 0 Å². The van der Waals surface area contributed by atoms with Crippen molar-refractivity contribution in [3.63, 3.8) is 0 Å². The fraction of sp³-hybridized carbons (Fsp3) is 0.700. The number of aryl methyl sites for hydroxylation is 1. The summed E-state index contributed by atoms with van der Waals surface area (Å²) in [5.41, 5.74) is 1.78. The molecule has 2 aromatic rings. The van der Waals surface area contributed by atoms with E-state index in [1.165, 1.54) is 35.1 Å². The second-order valence-corrected chi connectivity index (χ2v) is 10.5. The van der Waals surface area contributed by atoms with Crippen molar-refractivity contribution >= 4 is 27.4 Å². The van der Waals surface area contributed by atoms with Gasteiger partial charge in [0.05, 0.1) is 5.39 Å². The van der Waals surface area contributed by atoms with Gasteiger partial charge in [-0.2, -0.15) is 0 Å². The highest BCUT2D eigenvalue weighted by Crippen LogP contribution is 2.40. The molecule has 0 spiro atoms. The quantitative estimate of drug-likeness (QED) is 0.828. The molecule has 1 fully saturated rings. The van der Waals surface area contributed by atoms with Crippen LogP contribution in [0.4, 0.5) is 5.82 Å². The van der Waals surface area contributed by atoms with Crippen LogP contribution >= 0.6 is 11.3 Å². The predicted octanol–water partition coefficient (Wildman–Crippen LogP) is 4.54. The first kappa shape index (κ1) is 17.2. The molecule has 3 heterocycles. The van der Waals surface area contributed by atoms with Crippen LogP contribution in [-0.4, -0.2) is 27.1 Å². The number of hydrogen-bond donors (Lipinski definition) is 2. The third kappa shape index (κ3) is 3.41. The molecule has 5 heteroatoms. The molecule has 0 bridgehead atoms. The Bertz CT molecular complexity index is 776. The van der Waals surface area contributed by atoms with E-state index in [-0.39, 0.29) is 11.1 Å². The lowest BCUT2D eigenvalue weighted by molar-refractivity contribution is 0.170. The maximum atomic E-state index is 4.66. The highest BCUT2D eigenvalue weighted by Gasteiger charge is 2.38. The summed E-state index contributed by atoms with van der Waals surface area (Å²) < 4.78 is 0. The molecular weight excluding hydrogens is 328 g/mol. The SMILES string of the molecule is CC1CCc2c(sc3ncnc(NC4CC(C)(C)NC(C)(C)C4)c23)C1. The molecule has 1 atom stereocenters. The van der Waals surface area contributed by atoms with Crippen LogP contribution in [-0.2, 0) is 12.8 Å². The highest BCUT2D eigenvalue weighted by atomic mass is 32.1. The van der Waals surface area contributed by atoms with E-state index in [9.17, 15) is 0 Å². The Kier molecular flexibility index (Phi) is 4.08. The molecule has 2 aromatic heterocycles. The fourth-order valence-corrected chi connectivity index (χ4v) is 6.35. The van der Waals surface area contributed by atoms with Crippen LogP contribution in [0.15, 0.2) is 6.33 Å². The van der Waals surface area contributed by atoms with Crippen molar-refractivity contribution in [1.82, 2.24) is 15.3 Å². The van der Waals surface area contributed by atoms with Gasteiger partial charge >= 0.3 is 0 Å². The molecule has 4 rings (SSSR count). The van der Waals surface area contributed by atoms with E-state index in [1.807, 2.05) is 11.3 Å². The number of anilines is 1. The first-order valence-corrected chi connectivity index (χ1v) is 10.4. The van der Waals surface area contributed by atoms with Crippen molar-refractivity contribution in [3.05, 3.63) is 16.8 Å². The van der Waals surface area contributed by atoms with E-state index in [2.05, 4.69) is 55.2 Å². The summed E-state index contributed by atoms with van der Waals surface area (Å²) in [7, 11) is 0. The van der Waals surface area contributed by atoms with Gasteiger partial charge in [0.2, 0.25) is 0 Å². The molecule has 25 heavy (non-hydrogen) atoms. The number of aromatic nitrogens is 2. The molecular formula is C20H30N4S. The lowest BCUT2D eigenvalue weighted by Gasteiger charge is -2.46. The number of thiophene rings is 1. The number of hydrogen-bond acceptors (Lipinski definition) is 5. The fourth-order valence-electron chi connectivity index (χ4n) is 5.00. The van der Waals surface area contributed by atoms with E-state index < -0.39 is 0 Å². The molecule has 2 aliphatic rings. The van der Waals surface area contributed by atoms with Crippen LogP contribution in [0.1, 0.15) is 64.3 Å². The van der Waals surface area contributed by atoms with Gasteiger partial charge in [-0.1, -0.05) is 6.92 Å². The molecule has 1 aliphatic carbocycles. The van der Waals surface area contributed by atoms with Crippen molar-refractivity contribution < 1.29 is 0 Å². The lowest BCUT2D eigenvalue weighted by Crippen LogP contribution is -2.60. The summed E-state index contributed by atoms with van der Waals surface area (Å²) in [5, 5.41) is 8.86. The maximum Gasteiger partial charge on any atom is 0.138 e. The molecule has 1 aliphatic heterocycles. The molecule has 2 N–H and O–H groups in total. The first-order valence-electron chi connectivity index (χ1n) is 9.54. The average Bonchev–Trinajstić information content (AvgIpc) is 2.82. The van der Waals surface area contributed by atoms with Gasteiger partial charge in [0.25, 0.3) is 0 Å². The Morgan fingerprint density at radius 1 is 1.16 bits per heavy atom. The lowest BCUT2D eigenvalue weighted by atomic mass is 9.79. The minimum Gasteiger partial charge on any atom is -0.367 e. The molecule has 0 aromatic carbocycles. The summed E-state index contributed by atoms with van der Waals surface area (Å²) in [6.45, 7) is 11.5. The Balaban J connectivity index is 1.68. The number of nitrogens with zero attached hydrogens (tertiary/aromatic N) is 2. The zero-order valence-electron chi connectivity index (χ0n) is 16.1. The van der Waals surface area contributed by atoms with Crippen molar-refractivity contribution in [1.29, 1.82) is 0 Å². The number of piperidine rings is 1. The average molecular weight is 359 g/mol. The third-order valence-electron chi connectivity index (χ3n) is 5.62. The monoisotopic (exact) mass is 358 g/mol. The second kappa shape index (κ2) is 5.92. The second-order valence-electron chi connectivity index (χ2n) is 9.40. The predicted molar refractivity (Wildman–Crippen MR) is 107 cm³/mol. The summed E-state index contributed by atoms with van der Waals surface area (Å²) >= 11 is 1.88. The van der Waals surface area contributed by atoms with Crippen molar-refractivity contribution in [2.75, 3.05) is 5.32 Å². The zero-order chi connectivity index (χ0) is 17.8. The zero-order valence-corrected chi connectivity index (χ0v) is 16.9. The van der Waals surface area contributed by atoms with Crippen molar-refractivity contribution in [3.8, 4) is 0 Å². The van der Waals surface area contributed by atoms with Crippen LogP contribution in [0.25, 0.3) is 10.2 Å². The summed E-state index contributed by atoms with van der Waals surface area (Å²) in [5.74, 6) is 1.84. The molecule has 4 nitrogen and oxygen atoms in total. The molecule has 1 unspecified atom stereocenters. The van der Waals surface area contributed by atoms with E-state index in [0.717, 1.165) is 29.4 Å². The van der Waals surface area contributed by atoms with Crippen LogP contribution < -0.4 is 10.6 Å². The van der Waals surface area contributed by atoms with Gasteiger partial charge in [-0.15, -0.1) is 11.3 Å². The minimum absolute atomic E-state index is 0.134. The van der Waals surface area contributed by atoms with Crippen LogP contribution in [0.5, 0.6) is 0 Å². The molecule has 1 saturated heterocycles. The maximum absolute atomic E-state index is 4.66. The summed E-state index contributed by atoms with van der Waals surface area (Å²) in [6, 6.07) is 0.433. The van der Waals surface area contributed by atoms with Gasteiger partial charge in [-0.05, 0) is 71.3 Å². The van der Waals surface area contributed by atoms with Gasteiger partial charge in [-0.25, -0.2) is 9.97 Å². The Labute approximate surface area is 154 Å². The summed E-state index contributed by atoms with van der Waals surface area (Å²) in [6.07, 6.45) is 7.58. The van der Waals surface area contributed by atoms with Gasteiger partial charge < -0.3 is 10.6 Å². The van der Waals surface area contributed by atoms with E-state index in [0.29, 0.717) is 6.04 Å². The Morgan fingerprint density at radius 3 is 2.60 bits per heavy atom. The molecule has 136 valence electrons. The van der Waals surface area contributed by atoms with E-state index in [4.69, 9.17) is 0 Å². The van der Waals surface area contributed by atoms with Crippen molar-refractivity contribution in [2.24, 2.45) is 5.92 Å². The highest BCUT2D eigenvalue weighted by molar-refractivity contribution is 7.19. The van der Waals surface area contributed by atoms with Gasteiger partial charge in [0.1, 0.15) is 17.0 Å². The Hall–Kier alpha value is -1.20. The third-order valence-corrected chi connectivity index (χ3v) is 6.79. The number of rotatable bonds is 2. The number of fused-ring (bicyclic) bond motifs is 3. The molecule has 0 amide bonds. The molecule has 0 saturated carbocycles. The minimum atomic E-state index is 0.134. The van der Waals surface area contributed by atoms with Crippen molar-refractivity contribution in [2.45, 2.75) is 83.8 Å². The van der Waals surface area contributed by atoms with Gasteiger partial charge in [0, 0.05) is 22.0 Å². The Morgan fingerprint density at radius 2 is 1.88 bits per heavy atom. The van der Waals surface area contributed by atoms with Crippen LogP contribution in [0.2, 0.25) is 0 Å². The van der Waals surface area contributed by atoms with Gasteiger partial charge in [-0.3, -0.25) is 0 Å². The van der Waals surface area contributed by atoms with Crippen LogP contribution in [0, 0.1) is 5.92 Å². The first-order chi connectivity index (χ1) is 11.7. The standard InChI is InChI=1S/C20H30N4S/c1-12-6-7-14-15(8-12)25-18-16(14)17(21-11-22-18)23-13-9-19(2,3)24-20(4,5)10-13/h11-13,24H,6-10H2,1-5H3,(H,21,22,23). The van der Waals surface area contributed by atoms with Gasteiger partial charge in [0.15, 0.2) is 0 Å². The normalized spacial score (nSPS) is 25.7. The van der Waals surface area contributed by atoms with E-state index >= 15 is 0 Å². The summed E-state index contributed by atoms with van der Waals surface area (Å²) in [4.78, 5) is 11.9. The molecule has 0 radical (unpaired) electrons. The topological polar surface area (TPSA) is 49.8 Å². The van der Waals surface area contributed by atoms with E-state index in [1.54, 1.807) is 6.33 Å². The largest absolute Gasteiger partial charge is 0.367 e. The number of nitrogens with one attached hydrogen (secondary N) is 2. The smallest absolute Gasteiger partial charge is 0.138 e.